The summed E-state index contributed by atoms with van der Waals surface area (Å²) in [5, 5.41) is 12.1. The maximum absolute atomic E-state index is 10.5. The Labute approximate surface area is 179 Å². The first-order valence-electron chi connectivity index (χ1n) is 8.74. The lowest BCUT2D eigenvalue weighted by Gasteiger charge is -2.24. The summed E-state index contributed by atoms with van der Waals surface area (Å²) < 4.78 is 11.1. The molecule has 1 aromatic heterocycles. The molecule has 7 heteroatoms. The summed E-state index contributed by atoms with van der Waals surface area (Å²) in [5.41, 5.74) is 1.05. The standard InChI is InChI=1S/C21H20Cl3NO3/c22-16-4-1-3-15(9-16)11-25(13-19-5-2-8-27-19)12-18(26)14-28-21-7-6-17(23)10-20(21)24/h1-10,18,26H,11-14H2. The monoisotopic (exact) mass is 439 g/mol. The predicted octanol–water partition coefficient (Wildman–Crippen LogP) is 5.68. The van der Waals surface area contributed by atoms with Crippen molar-refractivity contribution in [1.29, 1.82) is 0 Å². The summed E-state index contributed by atoms with van der Waals surface area (Å²) in [7, 11) is 0. The Morgan fingerprint density at radius 2 is 1.79 bits per heavy atom. The first-order valence-corrected chi connectivity index (χ1v) is 9.88. The van der Waals surface area contributed by atoms with E-state index < -0.39 is 6.10 Å². The predicted molar refractivity (Wildman–Crippen MR) is 112 cm³/mol. The third-order valence-electron chi connectivity index (χ3n) is 4.05. The number of hydrogen-bond acceptors (Lipinski definition) is 4. The minimum atomic E-state index is -0.721. The summed E-state index contributed by atoms with van der Waals surface area (Å²) in [4.78, 5) is 2.07. The number of furan rings is 1. The van der Waals surface area contributed by atoms with Crippen molar-refractivity contribution in [3.8, 4) is 5.75 Å². The van der Waals surface area contributed by atoms with Crippen LogP contribution < -0.4 is 4.74 Å². The van der Waals surface area contributed by atoms with E-state index in [4.69, 9.17) is 44.0 Å². The molecule has 1 atom stereocenters. The van der Waals surface area contributed by atoms with Gasteiger partial charge in [-0.15, -0.1) is 0 Å². The lowest BCUT2D eigenvalue weighted by atomic mass is 10.2. The van der Waals surface area contributed by atoms with E-state index in [2.05, 4.69) is 4.90 Å². The van der Waals surface area contributed by atoms with E-state index in [1.54, 1.807) is 24.5 Å². The van der Waals surface area contributed by atoms with E-state index in [0.717, 1.165) is 11.3 Å². The van der Waals surface area contributed by atoms with Gasteiger partial charge in [-0.2, -0.15) is 0 Å². The third-order valence-corrected chi connectivity index (χ3v) is 4.81. The molecule has 0 spiro atoms. The Morgan fingerprint density at radius 3 is 2.50 bits per heavy atom. The zero-order valence-corrected chi connectivity index (χ0v) is 17.3. The molecule has 0 aliphatic carbocycles. The highest BCUT2D eigenvalue weighted by Gasteiger charge is 2.16. The van der Waals surface area contributed by atoms with Gasteiger partial charge in [-0.1, -0.05) is 46.9 Å². The topological polar surface area (TPSA) is 45.8 Å². The minimum Gasteiger partial charge on any atom is -0.489 e. The number of benzene rings is 2. The molecule has 28 heavy (non-hydrogen) atoms. The number of rotatable bonds is 9. The van der Waals surface area contributed by atoms with Gasteiger partial charge in [0.25, 0.3) is 0 Å². The van der Waals surface area contributed by atoms with Gasteiger partial charge in [0.2, 0.25) is 0 Å². The number of ether oxygens (including phenoxy) is 1. The summed E-state index contributed by atoms with van der Waals surface area (Å²) in [6.45, 7) is 1.66. The molecule has 1 heterocycles. The summed E-state index contributed by atoms with van der Waals surface area (Å²) in [5.74, 6) is 1.30. The molecular formula is C21H20Cl3NO3. The highest BCUT2D eigenvalue weighted by atomic mass is 35.5. The molecule has 148 valence electrons. The molecule has 4 nitrogen and oxygen atoms in total. The Hall–Kier alpha value is -1.69. The van der Waals surface area contributed by atoms with E-state index in [1.165, 1.54) is 0 Å². The van der Waals surface area contributed by atoms with Gasteiger partial charge in [-0.05, 0) is 48.0 Å². The molecule has 0 radical (unpaired) electrons. The normalized spacial score (nSPS) is 12.3. The van der Waals surface area contributed by atoms with Crippen molar-refractivity contribution >= 4 is 34.8 Å². The quantitative estimate of drug-likeness (QED) is 0.465. The van der Waals surface area contributed by atoms with Gasteiger partial charge in [0.1, 0.15) is 24.2 Å². The number of halogens is 3. The second kappa shape index (κ2) is 10.2. The molecule has 0 bridgehead atoms. The molecule has 3 rings (SSSR count). The van der Waals surface area contributed by atoms with Crippen LogP contribution in [0.4, 0.5) is 0 Å². The van der Waals surface area contributed by atoms with Gasteiger partial charge < -0.3 is 14.3 Å². The molecule has 3 aromatic rings. The first-order chi connectivity index (χ1) is 13.5. The summed E-state index contributed by atoms with van der Waals surface area (Å²) in [6.07, 6.45) is 0.913. The Balaban J connectivity index is 1.62. The highest BCUT2D eigenvalue weighted by molar-refractivity contribution is 6.35. The van der Waals surface area contributed by atoms with Gasteiger partial charge in [0, 0.05) is 23.1 Å². The van der Waals surface area contributed by atoms with Crippen molar-refractivity contribution < 1.29 is 14.3 Å². The van der Waals surface area contributed by atoms with Crippen molar-refractivity contribution in [2.24, 2.45) is 0 Å². The lowest BCUT2D eigenvalue weighted by Crippen LogP contribution is -2.35. The van der Waals surface area contributed by atoms with Crippen molar-refractivity contribution in [2.75, 3.05) is 13.2 Å². The Kier molecular flexibility index (Phi) is 7.65. The number of aliphatic hydroxyl groups excluding tert-OH is 1. The molecule has 1 N–H and O–H groups in total. The van der Waals surface area contributed by atoms with Crippen LogP contribution in [0.1, 0.15) is 11.3 Å². The van der Waals surface area contributed by atoms with E-state index in [1.807, 2.05) is 36.4 Å². The van der Waals surface area contributed by atoms with Crippen LogP contribution in [-0.4, -0.2) is 29.3 Å². The zero-order chi connectivity index (χ0) is 19.9. The molecule has 1 unspecified atom stereocenters. The van der Waals surface area contributed by atoms with Gasteiger partial charge >= 0.3 is 0 Å². The number of hydrogen-bond donors (Lipinski definition) is 1. The van der Waals surface area contributed by atoms with E-state index in [-0.39, 0.29) is 6.61 Å². The Bertz CT molecular complexity index is 886. The maximum atomic E-state index is 10.5. The molecule has 0 fully saturated rings. The SMILES string of the molecule is OC(COc1ccc(Cl)cc1Cl)CN(Cc1cccc(Cl)c1)Cc1ccco1. The van der Waals surface area contributed by atoms with Crippen molar-refractivity contribution in [1.82, 2.24) is 4.90 Å². The maximum Gasteiger partial charge on any atom is 0.138 e. The van der Waals surface area contributed by atoms with Crippen molar-refractivity contribution in [3.05, 3.63) is 87.3 Å². The molecule has 0 aliphatic rings. The molecule has 0 amide bonds. The van der Waals surface area contributed by atoms with Crippen LogP contribution in [0.3, 0.4) is 0 Å². The largest absolute Gasteiger partial charge is 0.489 e. The minimum absolute atomic E-state index is 0.103. The smallest absolute Gasteiger partial charge is 0.138 e. The third kappa shape index (κ3) is 6.43. The summed E-state index contributed by atoms with van der Waals surface area (Å²) in [6, 6.07) is 16.4. The van der Waals surface area contributed by atoms with Gasteiger partial charge in [-0.3, -0.25) is 4.90 Å². The molecule has 0 aliphatic heterocycles. The average Bonchev–Trinajstić information content (AvgIpc) is 3.14. The zero-order valence-electron chi connectivity index (χ0n) is 15.0. The van der Waals surface area contributed by atoms with Gasteiger partial charge in [0.05, 0.1) is 17.8 Å². The summed E-state index contributed by atoms with van der Waals surface area (Å²) >= 11 is 18.1. The fourth-order valence-electron chi connectivity index (χ4n) is 2.83. The second-order valence-electron chi connectivity index (χ2n) is 6.42. The number of aliphatic hydroxyl groups is 1. The van der Waals surface area contributed by atoms with Crippen LogP contribution in [0.5, 0.6) is 5.75 Å². The first kappa shape index (κ1) is 21.0. The van der Waals surface area contributed by atoms with Crippen molar-refractivity contribution in [2.45, 2.75) is 19.2 Å². The molecular weight excluding hydrogens is 421 g/mol. The number of nitrogens with zero attached hydrogens (tertiary/aromatic N) is 1. The average molecular weight is 441 g/mol. The second-order valence-corrected chi connectivity index (χ2v) is 7.70. The fourth-order valence-corrected chi connectivity index (χ4v) is 3.51. The molecule has 2 aromatic carbocycles. The van der Waals surface area contributed by atoms with Crippen LogP contribution in [0.25, 0.3) is 0 Å². The van der Waals surface area contributed by atoms with Crippen LogP contribution in [0.15, 0.2) is 65.3 Å². The van der Waals surface area contributed by atoms with Gasteiger partial charge in [0.15, 0.2) is 0 Å². The molecule has 0 saturated carbocycles. The van der Waals surface area contributed by atoms with Crippen LogP contribution in [0, 0.1) is 0 Å². The fraction of sp³-hybridized carbons (Fsp3) is 0.238. The van der Waals surface area contributed by atoms with Crippen LogP contribution in [-0.2, 0) is 13.1 Å². The van der Waals surface area contributed by atoms with Crippen molar-refractivity contribution in [3.63, 3.8) is 0 Å². The van der Waals surface area contributed by atoms with Gasteiger partial charge in [-0.25, -0.2) is 0 Å². The van der Waals surface area contributed by atoms with Crippen LogP contribution >= 0.6 is 34.8 Å². The molecule has 0 saturated heterocycles. The highest BCUT2D eigenvalue weighted by Crippen LogP contribution is 2.27. The Morgan fingerprint density at radius 1 is 0.964 bits per heavy atom. The van der Waals surface area contributed by atoms with E-state index in [0.29, 0.717) is 40.5 Å². The van der Waals surface area contributed by atoms with E-state index >= 15 is 0 Å². The van der Waals surface area contributed by atoms with E-state index in [9.17, 15) is 5.11 Å². The van der Waals surface area contributed by atoms with Crippen LogP contribution in [0.2, 0.25) is 15.1 Å². The lowest BCUT2D eigenvalue weighted by molar-refractivity contribution is 0.0605.